The smallest absolute Gasteiger partial charge is 0.205 e. The Labute approximate surface area is 156 Å². The lowest BCUT2D eigenvalue weighted by Crippen LogP contribution is -1.97. The van der Waals surface area contributed by atoms with Crippen LogP contribution in [0, 0.1) is 0 Å². The van der Waals surface area contributed by atoms with E-state index in [-0.39, 0.29) is 11.5 Å². The van der Waals surface area contributed by atoms with Crippen LogP contribution in [0.15, 0.2) is 91.0 Å². The summed E-state index contributed by atoms with van der Waals surface area (Å²) in [4.78, 5) is 18.7. The van der Waals surface area contributed by atoms with Crippen molar-refractivity contribution in [3.05, 3.63) is 102 Å². The van der Waals surface area contributed by atoms with E-state index in [1.54, 1.807) is 12.1 Å². The average molecular weight is 354 g/mol. The normalized spacial score (nSPS) is 11.5. The molecule has 0 saturated carbocycles. The van der Waals surface area contributed by atoms with E-state index >= 15 is 0 Å². The second-order valence-electron chi connectivity index (χ2n) is 6.20. The molecule has 0 fully saturated rings. The first-order chi connectivity index (χ1) is 13.2. The number of carbonyl (C=O) groups is 1. The molecule has 0 atom stereocenters. The van der Waals surface area contributed by atoms with Crippen molar-refractivity contribution in [3.63, 3.8) is 0 Å². The van der Waals surface area contributed by atoms with E-state index in [0.717, 1.165) is 22.5 Å². The molecule has 0 aliphatic heterocycles. The van der Waals surface area contributed by atoms with Crippen LogP contribution in [0.1, 0.15) is 16.2 Å². The van der Waals surface area contributed by atoms with Gasteiger partial charge < -0.3 is 15.1 Å². The predicted molar refractivity (Wildman–Crippen MR) is 107 cm³/mol. The number of aromatic nitrogens is 2. The van der Waals surface area contributed by atoms with Crippen LogP contribution < -0.4 is 0 Å². The number of hydrogen-bond donors (Lipinski definition) is 3. The summed E-state index contributed by atoms with van der Waals surface area (Å²) < 4.78 is 0. The quantitative estimate of drug-likeness (QED) is 0.253. The minimum absolute atomic E-state index is 0.0990. The van der Waals surface area contributed by atoms with Gasteiger partial charge in [0.25, 0.3) is 0 Å². The van der Waals surface area contributed by atoms with E-state index < -0.39 is 0 Å². The number of aliphatic hydroxyl groups excluding tert-OH is 1. The number of rotatable bonds is 5. The first-order valence-electron chi connectivity index (χ1n) is 8.65. The van der Waals surface area contributed by atoms with E-state index in [2.05, 4.69) is 9.97 Å². The molecule has 2 heterocycles. The Bertz CT molecular complexity index is 1090. The summed E-state index contributed by atoms with van der Waals surface area (Å²) in [6.45, 7) is 0. The Morgan fingerprint density at radius 3 is 1.70 bits per heavy atom. The van der Waals surface area contributed by atoms with Crippen molar-refractivity contribution in [1.29, 1.82) is 0 Å². The summed E-state index contributed by atoms with van der Waals surface area (Å²) in [5.74, 6) is -0.386. The molecule has 27 heavy (non-hydrogen) atoms. The van der Waals surface area contributed by atoms with E-state index in [4.69, 9.17) is 0 Å². The highest BCUT2D eigenvalue weighted by molar-refractivity contribution is 6.07. The van der Waals surface area contributed by atoms with Crippen LogP contribution in [0.4, 0.5) is 0 Å². The summed E-state index contributed by atoms with van der Waals surface area (Å²) in [6, 6.07) is 26.8. The predicted octanol–water partition coefficient (Wildman–Crippen LogP) is 5.46. The molecule has 0 radical (unpaired) electrons. The SMILES string of the molecule is O=C(/C=C(\O)c1ccc(-c2ccccc2)[nH]1)c1ccc(-c2ccccc2)[nH]1. The zero-order valence-corrected chi connectivity index (χ0v) is 14.5. The topological polar surface area (TPSA) is 68.9 Å². The maximum Gasteiger partial charge on any atom is 0.205 e. The highest BCUT2D eigenvalue weighted by Crippen LogP contribution is 2.22. The molecule has 0 unspecified atom stereocenters. The van der Waals surface area contributed by atoms with Crippen LogP contribution in [-0.4, -0.2) is 20.9 Å². The van der Waals surface area contributed by atoms with E-state index in [0.29, 0.717) is 11.4 Å². The lowest BCUT2D eigenvalue weighted by Gasteiger charge is -1.99. The molecule has 0 aliphatic carbocycles. The van der Waals surface area contributed by atoms with E-state index in [1.807, 2.05) is 72.8 Å². The summed E-state index contributed by atoms with van der Waals surface area (Å²) in [5.41, 5.74) is 4.68. The Kier molecular flexibility index (Phi) is 4.45. The highest BCUT2D eigenvalue weighted by atomic mass is 16.3. The van der Waals surface area contributed by atoms with Gasteiger partial charge in [-0.15, -0.1) is 0 Å². The number of benzene rings is 2. The van der Waals surface area contributed by atoms with Gasteiger partial charge in [0, 0.05) is 17.5 Å². The van der Waals surface area contributed by atoms with Gasteiger partial charge in [0.1, 0.15) is 5.76 Å². The van der Waals surface area contributed by atoms with Gasteiger partial charge in [0.15, 0.2) is 0 Å². The Morgan fingerprint density at radius 1 is 0.667 bits per heavy atom. The standard InChI is InChI=1S/C23H18N2O2/c26-22(20-13-11-18(24-20)16-7-3-1-4-8-16)15-23(27)21-14-12-19(25-21)17-9-5-2-6-10-17/h1-15,24-26H/b22-15-. The molecule has 0 aliphatic rings. The number of carbonyl (C=O) groups excluding carboxylic acids is 1. The molecule has 4 rings (SSSR count). The molecule has 4 aromatic rings. The van der Waals surface area contributed by atoms with Crippen LogP contribution in [0.5, 0.6) is 0 Å². The van der Waals surface area contributed by atoms with E-state index in [1.165, 1.54) is 6.08 Å². The molecule has 4 heteroatoms. The van der Waals surface area contributed by atoms with Crippen LogP contribution in [0.2, 0.25) is 0 Å². The fourth-order valence-electron chi connectivity index (χ4n) is 2.94. The van der Waals surface area contributed by atoms with Crippen molar-refractivity contribution in [2.24, 2.45) is 0 Å². The summed E-state index contributed by atoms with van der Waals surface area (Å²) in [6.07, 6.45) is 1.22. The van der Waals surface area contributed by atoms with E-state index in [9.17, 15) is 9.90 Å². The Balaban J connectivity index is 1.54. The van der Waals surface area contributed by atoms with Crippen LogP contribution in [-0.2, 0) is 0 Å². The van der Waals surface area contributed by atoms with Crippen molar-refractivity contribution in [1.82, 2.24) is 9.97 Å². The van der Waals surface area contributed by atoms with Gasteiger partial charge >= 0.3 is 0 Å². The van der Waals surface area contributed by atoms with Gasteiger partial charge in [0.05, 0.1) is 11.4 Å². The van der Waals surface area contributed by atoms with Gasteiger partial charge in [-0.1, -0.05) is 60.7 Å². The summed E-state index contributed by atoms with van der Waals surface area (Å²) in [7, 11) is 0. The van der Waals surface area contributed by atoms with Crippen molar-refractivity contribution < 1.29 is 9.90 Å². The number of aliphatic hydroxyl groups is 1. The van der Waals surface area contributed by atoms with Crippen molar-refractivity contribution >= 4 is 11.5 Å². The van der Waals surface area contributed by atoms with Crippen LogP contribution in [0.3, 0.4) is 0 Å². The Morgan fingerprint density at radius 2 is 1.15 bits per heavy atom. The molecule has 2 aromatic heterocycles. The molecule has 2 aromatic carbocycles. The zero-order valence-electron chi connectivity index (χ0n) is 14.5. The number of hydrogen-bond acceptors (Lipinski definition) is 2. The van der Waals surface area contributed by atoms with Crippen LogP contribution >= 0.6 is 0 Å². The number of H-pyrrole nitrogens is 2. The molecular weight excluding hydrogens is 336 g/mol. The minimum Gasteiger partial charge on any atom is -0.506 e. The monoisotopic (exact) mass is 354 g/mol. The number of ketones is 1. The van der Waals surface area contributed by atoms with Gasteiger partial charge in [0.2, 0.25) is 5.78 Å². The third-order valence-electron chi connectivity index (χ3n) is 4.35. The molecule has 4 nitrogen and oxygen atoms in total. The second-order valence-corrected chi connectivity index (χ2v) is 6.20. The maximum absolute atomic E-state index is 12.5. The van der Waals surface area contributed by atoms with Crippen molar-refractivity contribution in [2.75, 3.05) is 0 Å². The minimum atomic E-state index is -0.287. The first kappa shape index (κ1) is 16.7. The molecule has 0 amide bonds. The lowest BCUT2D eigenvalue weighted by molar-refractivity contribution is 0.104. The lowest BCUT2D eigenvalue weighted by atomic mass is 10.2. The molecule has 132 valence electrons. The molecule has 0 bridgehead atoms. The summed E-state index contributed by atoms with van der Waals surface area (Å²) >= 11 is 0. The Hall–Kier alpha value is -3.79. The highest BCUT2D eigenvalue weighted by Gasteiger charge is 2.11. The van der Waals surface area contributed by atoms with Crippen LogP contribution in [0.25, 0.3) is 28.3 Å². The largest absolute Gasteiger partial charge is 0.506 e. The zero-order chi connectivity index (χ0) is 18.6. The first-order valence-corrected chi connectivity index (χ1v) is 8.65. The second kappa shape index (κ2) is 7.22. The summed E-state index contributed by atoms with van der Waals surface area (Å²) in [5, 5.41) is 10.3. The van der Waals surface area contributed by atoms with Crippen molar-refractivity contribution in [2.45, 2.75) is 0 Å². The van der Waals surface area contributed by atoms with Crippen molar-refractivity contribution in [3.8, 4) is 22.5 Å². The van der Waals surface area contributed by atoms with Gasteiger partial charge in [-0.3, -0.25) is 4.79 Å². The van der Waals surface area contributed by atoms with Gasteiger partial charge in [-0.25, -0.2) is 0 Å². The number of nitrogens with one attached hydrogen (secondary N) is 2. The number of aromatic amines is 2. The van der Waals surface area contributed by atoms with Gasteiger partial charge in [-0.05, 0) is 35.4 Å². The third kappa shape index (κ3) is 3.60. The maximum atomic E-state index is 12.5. The third-order valence-corrected chi connectivity index (χ3v) is 4.35. The molecule has 0 spiro atoms. The number of allylic oxidation sites excluding steroid dienone is 1. The molecule has 3 N–H and O–H groups in total. The molecular formula is C23H18N2O2. The fraction of sp³-hybridized carbons (Fsp3) is 0. The van der Waals surface area contributed by atoms with Gasteiger partial charge in [-0.2, -0.15) is 0 Å². The fourth-order valence-corrected chi connectivity index (χ4v) is 2.94. The average Bonchev–Trinajstić information content (AvgIpc) is 3.39. The molecule has 0 saturated heterocycles.